The molecule has 1 fully saturated rings. The third-order valence-corrected chi connectivity index (χ3v) is 6.79. The first-order chi connectivity index (χ1) is 13.7. The number of benzene rings is 2. The summed E-state index contributed by atoms with van der Waals surface area (Å²) in [6.07, 6.45) is 1.36. The Labute approximate surface area is 203 Å². The van der Waals surface area contributed by atoms with Gasteiger partial charge in [-0.1, -0.05) is 29.8 Å². The zero-order valence-electron chi connectivity index (χ0n) is 17.4. The molecule has 1 aromatic heterocycles. The molecule has 1 amide bonds. The second-order valence-electron chi connectivity index (χ2n) is 7.41. The van der Waals surface area contributed by atoms with Crippen molar-refractivity contribution < 1.29 is 35.8 Å². The molecule has 2 aliphatic rings. The van der Waals surface area contributed by atoms with Gasteiger partial charge in [0, 0.05) is 48.8 Å². The van der Waals surface area contributed by atoms with Crippen LogP contribution in [0.4, 0.5) is 11.5 Å². The Morgan fingerprint density at radius 3 is 2.79 bits per heavy atom. The molecule has 29 heavy (non-hydrogen) atoms. The van der Waals surface area contributed by atoms with Crippen molar-refractivity contribution in [3.63, 3.8) is 0 Å². The van der Waals surface area contributed by atoms with Crippen LogP contribution in [0.25, 0.3) is 10.1 Å². The second kappa shape index (κ2) is 8.92. The molecule has 0 atom stereocenters. The molecule has 8 heteroatoms. The average Bonchev–Trinajstić information content (AvgIpc) is 3.29. The van der Waals surface area contributed by atoms with Crippen LogP contribution >= 0.6 is 23.1 Å². The third kappa shape index (κ3) is 4.33. The molecule has 2 aliphatic heterocycles. The molecule has 0 bridgehead atoms. The maximum Gasteiger partial charge on any atom is 1.00 e. The van der Waals surface area contributed by atoms with Crippen molar-refractivity contribution in [2.45, 2.75) is 12.8 Å². The van der Waals surface area contributed by atoms with E-state index in [1.165, 1.54) is 10.1 Å². The number of nitrogens with one attached hydrogen (secondary N) is 1. The number of fused-ring (bicyclic) bond motifs is 2. The summed E-state index contributed by atoms with van der Waals surface area (Å²) in [5.74, 6) is 1.17. The first kappa shape index (κ1) is 21.1. The molecule has 3 heterocycles. The van der Waals surface area contributed by atoms with Crippen LogP contribution in [0.5, 0.6) is 0 Å². The van der Waals surface area contributed by atoms with E-state index >= 15 is 0 Å². The van der Waals surface area contributed by atoms with E-state index < -0.39 is 0 Å². The summed E-state index contributed by atoms with van der Waals surface area (Å²) < 4.78 is 5.94. The van der Waals surface area contributed by atoms with Gasteiger partial charge < -0.3 is 11.6 Å². The fourth-order valence-electron chi connectivity index (χ4n) is 4.05. The van der Waals surface area contributed by atoms with E-state index in [0.717, 1.165) is 66.8 Å². The van der Waals surface area contributed by atoms with Crippen molar-refractivity contribution in [3.8, 4) is 0 Å². The van der Waals surface area contributed by atoms with Gasteiger partial charge in [-0.2, -0.15) is 4.37 Å². The fourth-order valence-corrected chi connectivity index (χ4v) is 5.11. The van der Waals surface area contributed by atoms with Gasteiger partial charge in [0.25, 0.3) is 0 Å². The smallest absolute Gasteiger partial charge is 1.00 e. The SMILES string of the molecule is O=C1Cc2cc(CCN3CCN(c4nsc5ccccc45)CC3)c(Cl)cc2N1.[H-].[Na+]. The Morgan fingerprint density at radius 2 is 1.97 bits per heavy atom. The van der Waals surface area contributed by atoms with Crippen molar-refractivity contribution in [1.82, 2.24) is 9.27 Å². The van der Waals surface area contributed by atoms with Crippen molar-refractivity contribution >= 4 is 50.6 Å². The minimum atomic E-state index is 0. The van der Waals surface area contributed by atoms with Gasteiger partial charge in [-0.15, -0.1) is 0 Å². The Hall–Kier alpha value is -1.15. The standard InChI is InChI=1S/C21H21ClN4OS.Na.H/c22-17-13-18-15(12-20(27)23-18)11-14(17)5-6-25-7-9-26(10-8-25)21-16-3-1-2-4-19(16)28-24-21;;/h1-4,11,13H,5-10,12H2,(H,23,27);;/q;+1;-1. The van der Waals surface area contributed by atoms with Crippen molar-refractivity contribution in [1.29, 1.82) is 0 Å². The number of rotatable bonds is 4. The van der Waals surface area contributed by atoms with Crippen LogP contribution < -0.4 is 39.8 Å². The summed E-state index contributed by atoms with van der Waals surface area (Å²) in [6, 6.07) is 12.4. The van der Waals surface area contributed by atoms with Crippen LogP contribution in [0.15, 0.2) is 36.4 Å². The third-order valence-electron chi connectivity index (χ3n) is 5.62. The van der Waals surface area contributed by atoms with Crippen LogP contribution in [-0.2, 0) is 17.6 Å². The first-order valence-electron chi connectivity index (χ1n) is 9.60. The van der Waals surface area contributed by atoms with Crippen molar-refractivity contribution in [2.75, 3.05) is 42.9 Å². The van der Waals surface area contributed by atoms with Gasteiger partial charge in [0.2, 0.25) is 5.91 Å². The van der Waals surface area contributed by atoms with E-state index in [9.17, 15) is 4.79 Å². The van der Waals surface area contributed by atoms with Gasteiger partial charge in [-0.3, -0.25) is 9.69 Å². The Bertz CT molecular complexity index is 1050. The molecule has 3 aromatic rings. The number of aromatic nitrogens is 1. The van der Waals surface area contributed by atoms with E-state index in [0.29, 0.717) is 6.42 Å². The molecule has 5 rings (SSSR count). The minimum absolute atomic E-state index is 0. The van der Waals surface area contributed by atoms with Crippen LogP contribution in [0.1, 0.15) is 12.6 Å². The van der Waals surface area contributed by atoms with E-state index in [1.807, 2.05) is 6.07 Å². The quantitative estimate of drug-likeness (QED) is 0.618. The van der Waals surface area contributed by atoms with Gasteiger partial charge >= 0.3 is 29.6 Å². The summed E-state index contributed by atoms with van der Waals surface area (Å²) in [6.45, 7) is 5.00. The molecule has 0 saturated carbocycles. The molecule has 0 aliphatic carbocycles. The number of amides is 1. The average molecular weight is 437 g/mol. The van der Waals surface area contributed by atoms with Gasteiger partial charge in [0.1, 0.15) is 5.82 Å². The number of carbonyl (C=O) groups is 1. The predicted octanol–water partition coefficient (Wildman–Crippen LogP) is 0.925. The molecule has 1 saturated heterocycles. The fraction of sp³-hybridized carbons (Fsp3) is 0.333. The monoisotopic (exact) mass is 436 g/mol. The maximum atomic E-state index is 11.6. The van der Waals surface area contributed by atoms with E-state index in [1.54, 1.807) is 11.5 Å². The van der Waals surface area contributed by atoms with Gasteiger partial charge in [-0.25, -0.2) is 0 Å². The van der Waals surface area contributed by atoms with E-state index in [4.69, 9.17) is 11.6 Å². The molecule has 0 unspecified atom stereocenters. The second-order valence-corrected chi connectivity index (χ2v) is 8.62. The van der Waals surface area contributed by atoms with Crippen LogP contribution in [0.3, 0.4) is 0 Å². The van der Waals surface area contributed by atoms with Gasteiger partial charge in [0.15, 0.2) is 0 Å². The Morgan fingerprint density at radius 1 is 1.17 bits per heavy atom. The summed E-state index contributed by atoms with van der Waals surface area (Å²) in [7, 11) is 0. The maximum absolute atomic E-state index is 11.6. The zero-order chi connectivity index (χ0) is 19.1. The first-order valence-corrected chi connectivity index (χ1v) is 10.8. The summed E-state index contributed by atoms with van der Waals surface area (Å²) in [5, 5.41) is 4.86. The largest absolute Gasteiger partial charge is 1.00 e. The summed E-state index contributed by atoms with van der Waals surface area (Å²) in [5.41, 5.74) is 3.05. The number of halogens is 1. The van der Waals surface area contributed by atoms with E-state index in [-0.39, 0.29) is 36.9 Å². The summed E-state index contributed by atoms with van der Waals surface area (Å²) in [4.78, 5) is 16.4. The van der Waals surface area contributed by atoms with Gasteiger partial charge in [-0.05, 0) is 47.3 Å². The number of hydrogen-bond donors (Lipinski definition) is 1. The Kier molecular flexibility index (Phi) is 6.49. The number of anilines is 2. The van der Waals surface area contributed by atoms with Crippen molar-refractivity contribution in [2.24, 2.45) is 0 Å². The van der Waals surface area contributed by atoms with Gasteiger partial charge in [0.05, 0.1) is 11.1 Å². The van der Waals surface area contributed by atoms with Crippen LogP contribution in [0.2, 0.25) is 5.02 Å². The van der Waals surface area contributed by atoms with Crippen LogP contribution in [-0.4, -0.2) is 47.9 Å². The molecule has 146 valence electrons. The van der Waals surface area contributed by atoms with E-state index in [2.05, 4.69) is 49.8 Å². The topological polar surface area (TPSA) is 48.5 Å². The molecule has 2 aromatic carbocycles. The molecular weight excluding hydrogens is 415 g/mol. The predicted molar refractivity (Wildman–Crippen MR) is 117 cm³/mol. The molecule has 0 spiro atoms. The number of carbonyl (C=O) groups excluding carboxylic acids is 1. The zero-order valence-corrected chi connectivity index (χ0v) is 20.0. The molecular formula is C21H22ClN4NaOS. The number of hydrogen-bond acceptors (Lipinski definition) is 5. The molecule has 0 radical (unpaired) electrons. The normalized spacial score (nSPS) is 16.6. The summed E-state index contributed by atoms with van der Waals surface area (Å²) >= 11 is 8.01. The molecule has 5 nitrogen and oxygen atoms in total. The van der Waals surface area contributed by atoms with Crippen molar-refractivity contribution in [3.05, 3.63) is 52.5 Å². The van der Waals surface area contributed by atoms with Crippen LogP contribution in [0, 0.1) is 0 Å². The number of piperazine rings is 1. The Balaban J connectivity index is 0.00000128. The number of nitrogens with zero attached hydrogens (tertiary/aromatic N) is 3. The molecule has 1 N–H and O–H groups in total. The minimum Gasteiger partial charge on any atom is -1.00 e.